The molecule has 0 saturated heterocycles. The Morgan fingerprint density at radius 1 is 1.03 bits per heavy atom. The van der Waals surface area contributed by atoms with Crippen molar-refractivity contribution in [3.8, 4) is 5.75 Å². The third kappa shape index (κ3) is 6.32. The molecule has 0 spiro atoms. The number of carbonyl (C=O) groups is 2. The first kappa shape index (κ1) is 23.7. The Morgan fingerprint density at radius 2 is 1.80 bits per heavy atom. The zero-order valence-corrected chi connectivity index (χ0v) is 19.1. The van der Waals surface area contributed by atoms with Crippen molar-refractivity contribution in [3.63, 3.8) is 0 Å². The Morgan fingerprint density at radius 3 is 2.51 bits per heavy atom. The van der Waals surface area contributed by atoms with E-state index in [9.17, 15) is 14.0 Å². The topological polar surface area (TPSA) is 82.5 Å². The zero-order valence-electron chi connectivity index (χ0n) is 19.1. The van der Waals surface area contributed by atoms with E-state index in [0.717, 1.165) is 11.1 Å². The molecule has 4 rings (SSSR count). The van der Waals surface area contributed by atoms with Gasteiger partial charge >= 0.3 is 5.97 Å². The summed E-state index contributed by atoms with van der Waals surface area (Å²) in [5.74, 6) is -0.328. The molecule has 0 saturated carbocycles. The highest BCUT2D eigenvalue weighted by Crippen LogP contribution is 2.20. The molecule has 4 aromatic rings. The third-order valence-electron chi connectivity index (χ3n) is 5.28. The summed E-state index contributed by atoms with van der Waals surface area (Å²) in [6.45, 7) is -0.234. The molecule has 0 radical (unpaired) electrons. The van der Waals surface area contributed by atoms with E-state index in [0.29, 0.717) is 11.6 Å². The van der Waals surface area contributed by atoms with E-state index in [1.165, 1.54) is 18.2 Å². The summed E-state index contributed by atoms with van der Waals surface area (Å²) < 4.78 is 25.8. The van der Waals surface area contributed by atoms with Crippen molar-refractivity contribution >= 4 is 11.9 Å². The molecule has 1 heterocycles. The molecule has 1 N–H and O–H groups in total. The van der Waals surface area contributed by atoms with Gasteiger partial charge in [0.1, 0.15) is 30.0 Å². The van der Waals surface area contributed by atoms with Crippen LogP contribution < -0.4 is 10.1 Å². The van der Waals surface area contributed by atoms with Crippen LogP contribution in [0, 0.1) is 5.82 Å². The molecule has 1 aromatic heterocycles. The van der Waals surface area contributed by atoms with Crippen LogP contribution in [0.4, 0.5) is 4.39 Å². The highest BCUT2D eigenvalue weighted by Gasteiger charge is 2.21. The van der Waals surface area contributed by atoms with Gasteiger partial charge in [0.25, 0.3) is 5.91 Å². The highest BCUT2D eigenvalue weighted by molar-refractivity contribution is 5.91. The van der Waals surface area contributed by atoms with E-state index >= 15 is 0 Å². The molecule has 7 nitrogen and oxygen atoms in total. The van der Waals surface area contributed by atoms with Crippen molar-refractivity contribution in [2.24, 2.45) is 7.05 Å². The number of nitrogens with zero attached hydrogens (tertiary/aromatic N) is 2. The lowest BCUT2D eigenvalue weighted by atomic mass is 10.1. The van der Waals surface area contributed by atoms with Crippen LogP contribution in [0.1, 0.15) is 33.4 Å². The van der Waals surface area contributed by atoms with Crippen LogP contribution in [0.15, 0.2) is 91.3 Å². The average molecular weight is 474 g/mol. The van der Waals surface area contributed by atoms with Crippen LogP contribution >= 0.6 is 0 Å². The Labute approximate surface area is 202 Å². The number of esters is 1. The quantitative estimate of drug-likeness (QED) is 0.369. The number of hydrogen-bond donors (Lipinski definition) is 1. The first-order chi connectivity index (χ1) is 17.0. The molecule has 35 heavy (non-hydrogen) atoms. The number of ether oxygens (including phenoxy) is 2. The van der Waals surface area contributed by atoms with Crippen LogP contribution in [0.5, 0.6) is 5.75 Å². The minimum absolute atomic E-state index is 0.218. The van der Waals surface area contributed by atoms with Gasteiger partial charge in [-0.15, -0.1) is 0 Å². The van der Waals surface area contributed by atoms with Crippen molar-refractivity contribution in [2.45, 2.75) is 12.6 Å². The number of aromatic nitrogens is 2. The predicted molar refractivity (Wildman–Crippen MR) is 127 cm³/mol. The maximum absolute atomic E-state index is 13.0. The second-order valence-corrected chi connectivity index (χ2v) is 7.83. The van der Waals surface area contributed by atoms with Crippen molar-refractivity contribution in [3.05, 3.63) is 120 Å². The van der Waals surface area contributed by atoms with Gasteiger partial charge in [0.05, 0.1) is 5.56 Å². The number of carbonyl (C=O) groups excluding carboxylic acids is 2. The van der Waals surface area contributed by atoms with Gasteiger partial charge < -0.3 is 19.4 Å². The fourth-order valence-electron chi connectivity index (χ4n) is 3.47. The van der Waals surface area contributed by atoms with Gasteiger partial charge in [-0.1, -0.05) is 48.5 Å². The number of imidazole rings is 1. The molecule has 0 aliphatic carbocycles. The molecule has 0 fully saturated rings. The monoisotopic (exact) mass is 473 g/mol. The van der Waals surface area contributed by atoms with E-state index < -0.39 is 24.5 Å². The minimum atomic E-state index is -0.652. The maximum Gasteiger partial charge on any atom is 0.338 e. The molecule has 0 aliphatic rings. The smallest absolute Gasteiger partial charge is 0.338 e. The van der Waals surface area contributed by atoms with E-state index in [4.69, 9.17) is 9.47 Å². The summed E-state index contributed by atoms with van der Waals surface area (Å²) >= 11 is 0. The van der Waals surface area contributed by atoms with Crippen molar-refractivity contribution in [1.29, 1.82) is 0 Å². The summed E-state index contributed by atoms with van der Waals surface area (Å²) in [6.07, 6.45) is 3.45. The molecule has 1 atom stereocenters. The van der Waals surface area contributed by atoms with Gasteiger partial charge in [0, 0.05) is 19.4 Å². The number of hydrogen-bond acceptors (Lipinski definition) is 5. The number of halogens is 1. The van der Waals surface area contributed by atoms with Crippen LogP contribution in [0.3, 0.4) is 0 Å². The Hall–Kier alpha value is -4.46. The zero-order chi connectivity index (χ0) is 24.6. The number of benzene rings is 3. The molecule has 1 unspecified atom stereocenters. The SMILES string of the molecule is Cn1ccnc1C(NC(=O)COC(=O)c1cccc(OCc2ccc(F)cc2)c1)c1ccccc1. The third-order valence-corrected chi connectivity index (χ3v) is 5.28. The second kappa shape index (κ2) is 11.1. The average Bonchev–Trinajstić information content (AvgIpc) is 3.31. The van der Waals surface area contributed by atoms with Gasteiger partial charge in [-0.2, -0.15) is 0 Å². The lowest BCUT2D eigenvalue weighted by Gasteiger charge is -2.19. The molecule has 1 amide bonds. The molecule has 178 valence electrons. The summed E-state index contributed by atoms with van der Waals surface area (Å²) in [5.41, 5.74) is 1.89. The molecule has 0 bridgehead atoms. The Kier molecular flexibility index (Phi) is 7.52. The van der Waals surface area contributed by atoms with Crippen molar-refractivity contribution in [1.82, 2.24) is 14.9 Å². The van der Waals surface area contributed by atoms with E-state index in [1.807, 2.05) is 41.9 Å². The summed E-state index contributed by atoms with van der Waals surface area (Å²) in [6, 6.07) is 21.4. The molecule has 8 heteroatoms. The summed E-state index contributed by atoms with van der Waals surface area (Å²) in [5, 5.41) is 2.89. The van der Waals surface area contributed by atoms with Gasteiger partial charge in [-0.3, -0.25) is 4.79 Å². The van der Waals surface area contributed by atoms with Gasteiger partial charge in [-0.25, -0.2) is 14.2 Å². The lowest BCUT2D eigenvalue weighted by molar-refractivity contribution is -0.124. The number of nitrogens with one attached hydrogen (secondary N) is 1. The van der Waals surface area contributed by atoms with E-state index in [2.05, 4.69) is 10.3 Å². The van der Waals surface area contributed by atoms with Gasteiger partial charge in [0.2, 0.25) is 0 Å². The normalized spacial score (nSPS) is 11.5. The van der Waals surface area contributed by atoms with Crippen LogP contribution in [-0.2, 0) is 23.2 Å². The van der Waals surface area contributed by atoms with Crippen LogP contribution in [0.25, 0.3) is 0 Å². The van der Waals surface area contributed by atoms with Crippen LogP contribution in [-0.4, -0.2) is 28.0 Å². The largest absolute Gasteiger partial charge is 0.489 e. The fourth-order valence-corrected chi connectivity index (χ4v) is 3.47. The number of aryl methyl sites for hydroxylation is 1. The first-order valence-electron chi connectivity index (χ1n) is 11.0. The number of amides is 1. The van der Waals surface area contributed by atoms with E-state index in [-0.39, 0.29) is 18.0 Å². The molecular weight excluding hydrogens is 449 g/mol. The first-order valence-corrected chi connectivity index (χ1v) is 11.0. The summed E-state index contributed by atoms with van der Waals surface area (Å²) in [7, 11) is 1.84. The summed E-state index contributed by atoms with van der Waals surface area (Å²) in [4.78, 5) is 29.5. The highest BCUT2D eigenvalue weighted by atomic mass is 19.1. The Bertz CT molecular complexity index is 1290. The van der Waals surface area contributed by atoms with Crippen LogP contribution in [0.2, 0.25) is 0 Å². The number of rotatable bonds is 9. The lowest BCUT2D eigenvalue weighted by Crippen LogP contribution is -2.34. The molecule has 0 aliphatic heterocycles. The second-order valence-electron chi connectivity index (χ2n) is 7.83. The Balaban J connectivity index is 1.35. The minimum Gasteiger partial charge on any atom is -0.489 e. The standard InChI is InChI=1S/C27H24FN3O4/c1-31-15-14-29-26(31)25(20-6-3-2-4-7-20)30-24(32)18-35-27(33)21-8-5-9-23(16-21)34-17-19-10-12-22(28)13-11-19/h2-16,25H,17-18H2,1H3,(H,30,32). The van der Waals surface area contributed by atoms with E-state index in [1.54, 1.807) is 42.7 Å². The fraction of sp³-hybridized carbons (Fsp3) is 0.148. The van der Waals surface area contributed by atoms with Crippen molar-refractivity contribution < 1.29 is 23.5 Å². The van der Waals surface area contributed by atoms with Crippen molar-refractivity contribution in [2.75, 3.05) is 6.61 Å². The van der Waals surface area contributed by atoms with Gasteiger partial charge in [-0.05, 0) is 41.5 Å². The molecular formula is C27H24FN3O4. The molecule has 3 aromatic carbocycles. The van der Waals surface area contributed by atoms with Gasteiger partial charge in [0.15, 0.2) is 6.61 Å². The maximum atomic E-state index is 13.0. The predicted octanol–water partition coefficient (Wildman–Crippen LogP) is 4.20.